The number of amides is 2. The van der Waals surface area contributed by atoms with Crippen molar-refractivity contribution in [2.24, 2.45) is 5.92 Å². The van der Waals surface area contributed by atoms with Crippen molar-refractivity contribution in [3.63, 3.8) is 0 Å². The SMILES string of the molecule is Cl.O=C(NCC1CCCN(C(=O)c2ccc(Cl)o2)C1)C1CCCN1. The van der Waals surface area contributed by atoms with Crippen LogP contribution >= 0.6 is 24.0 Å². The number of carbonyl (C=O) groups excluding carboxylic acids is 2. The Morgan fingerprint density at radius 2 is 2.17 bits per heavy atom. The Hall–Kier alpha value is -1.24. The average molecular weight is 376 g/mol. The van der Waals surface area contributed by atoms with E-state index in [0.29, 0.717) is 19.6 Å². The molecule has 0 aliphatic carbocycles. The number of nitrogens with zero attached hydrogens (tertiary/aromatic N) is 1. The number of hydrogen-bond acceptors (Lipinski definition) is 4. The second-order valence-corrected chi connectivity index (χ2v) is 6.63. The van der Waals surface area contributed by atoms with Gasteiger partial charge in [-0.2, -0.15) is 0 Å². The van der Waals surface area contributed by atoms with Gasteiger partial charge in [-0.15, -0.1) is 12.4 Å². The van der Waals surface area contributed by atoms with Crippen molar-refractivity contribution in [1.82, 2.24) is 15.5 Å². The van der Waals surface area contributed by atoms with Crippen LogP contribution < -0.4 is 10.6 Å². The lowest BCUT2D eigenvalue weighted by Crippen LogP contribution is -2.46. The Kier molecular flexibility index (Phi) is 6.95. The number of halogens is 2. The first-order valence-electron chi connectivity index (χ1n) is 8.19. The van der Waals surface area contributed by atoms with Crippen molar-refractivity contribution in [3.8, 4) is 0 Å². The van der Waals surface area contributed by atoms with Crippen molar-refractivity contribution >= 4 is 35.8 Å². The number of likely N-dealkylation sites (tertiary alicyclic amines) is 1. The fourth-order valence-corrected chi connectivity index (χ4v) is 3.42. The molecule has 6 nitrogen and oxygen atoms in total. The van der Waals surface area contributed by atoms with E-state index >= 15 is 0 Å². The van der Waals surface area contributed by atoms with Crippen LogP contribution in [0, 0.1) is 5.92 Å². The molecule has 0 aromatic carbocycles. The molecule has 0 radical (unpaired) electrons. The molecule has 2 aliphatic rings. The highest BCUT2D eigenvalue weighted by Gasteiger charge is 2.28. The van der Waals surface area contributed by atoms with Gasteiger partial charge in [0.05, 0.1) is 6.04 Å². The van der Waals surface area contributed by atoms with E-state index in [0.717, 1.165) is 32.2 Å². The maximum absolute atomic E-state index is 12.4. The lowest BCUT2D eigenvalue weighted by Gasteiger charge is -2.32. The summed E-state index contributed by atoms with van der Waals surface area (Å²) in [6.07, 6.45) is 3.90. The molecule has 2 atom stereocenters. The number of nitrogens with one attached hydrogen (secondary N) is 2. The normalized spacial score (nSPS) is 23.6. The zero-order valence-corrected chi connectivity index (χ0v) is 15.0. The van der Waals surface area contributed by atoms with Gasteiger partial charge in [0.1, 0.15) is 0 Å². The molecule has 3 heterocycles. The Morgan fingerprint density at radius 3 is 2.83 bits per heavy atom. The summed E-state index contributed by atoms with van der Waals surface area (Å²) in [5.41, 5.74) is 0. The van der Waals surface area contributed by atoms with Crippen LogP contribution in [-0.2, 0) is 4.79 Å². The summed E-state index contributed by atoms with van der Waals surface area (Å²) in [7, 11) is 0. The number of rotatable bonds is 4. The minimum Gasteiger partial charge on any atom is -0.440 e. The molecule has 134 valence electrons. The van der Waals surface area contributed by atoms with Gasteiger partial charge in [-0.3, -0.25) is 9.59 Å². The van der Waals surface area contributed by atoms with Gasteiger partial charge in [-0.25, -0.2) is 0 Å². The van der Waals surface area contributed by atoms with E-state index in [9.17, 15) is 9.59 Å². The van der Waals surface area contributed by atoms with E-state index in [4.69, 9.17) is 16.0 Å². The van der Waals surface area contributed by atoms with Gasteiger partial charge in [-0.1, -0.05) is 0 Å². The third-order valence-electron chi connectivity index (χ3n) is 4.53. The Morgan fingerprint density at radius 1 is 1.33 bits per heavy atom. The first-order valence-corrected chi connectivity index (χ1v) is 8.57. The molecule has 2 saturated heterocycles. The fraction of sp³-hybridized carbons (Fsp3) is 0.625. The largest absolute Gasteiger partial charge is 0.440 e. The van der Waals surface area contributed by atoms with Crippen molar-refractivity contribution in [2.75, 3.05) is 26.2 Å². The van der Waals surface area contributed by atoms with E-state index in [1.54, 1.807) is 17.0 Å². The fourth-order valence-electron chi connectivity index (χ4n) is 3.28. The van der Waals surface area contributed by atoms with Gasteiger partial charge in [0.25, 0.3) is 5.91 Å². The van der Waals surface area contributed by atoms with Crippen LogP contribution in [0.4, 0.5) is 0 Å². The predicted octanol–water partition coefficient (Wildman–Crippen LogP) is 2.08. The molecule has 0 saturated carbocycles. The molecule has 2 amide bonds. The topological polar surface area (TPSA) is 74.6 Å². The molecule has 0 bridgehead atoms. The van der Waals surface area contributed by atoms with Crippen molar-refractivity contribution < 1.29 is 14.0 Å². The molecule has 2 N–H and O–H groups in total. The van der Waals surface area contributed by atoms with Crippen molar-refractivity contribution in [2.45, 2.75) is 31.7 Å². The van der Waals surface area contributed by atoms with Crippen LogP contribution in [0.1, 0.15) is 36.2 Å². The monoisotopic (exact) mass is 375 g/mol. The van der Waals surface area contributed by atoms with Crippen molar-refractivity contribution in [3.05, 3.63) is 23.1 Å². The standard InChI is InChI=1S/C16H22ClN3O3.ClH/c17-14-6-5-13(23-14)16(22)20-8-2-3-11(10-20)9-19-15(21)12-4-1-7-18-12;/h5-6,11-12,18H,1-4,7-10H2,(H,19,21);1H. The maximum Gasteiger partial charge on any atom is 0.289 e. The average Bonchev–Trinajstić information content (AvgIpc) is 3.24. The van der Waals surface area contributed by atoms with Crippen LogP contribution in [0.15, 0.2) is 16.5 Å². The van der Waals surface area contributed by atoms with Gasteiger partial charge in [0, 0.05) is 19.6 Å². The highest BCUT2D eigenvalue weighted by Crippen LogP contribution is 2.20. The number of carbonyl (C=O) groups is 2. The van der Waals surface area contributed by atoms with Gasteiger partial charge >= 0.3 is 0 Å². The van der Waals surface area contributed by atoms with Crippen LogP contribution in [0.5, 0.6) is 0 Å². The summed E-state index contributed by atoms with van der Waals surface area (Å²) in [5, 5.41) is 6.43. The summed E-state index contributed by atoms with van der Waals surface area (Å²) in [6, 6.07) is 3.12. The molecule has 1 aromatic rings. The van der Waals surface area contributed by atoms with Gasteiger partial charge < -0.3 is 20.0 Å². The minimum absolute atomic E-state index is 0. The third-order valence-corrected chi connectivity index (χ3v) is 4.74. The van der Waals surface area contributed by atoms with E-state index in [1.165, 1.54) is 0 Å². The molecular formula is C16H23Cl2N3O3. The Balaban J connectivity index is 0.00000208. The van der Waals surface area contributed by atoms with Gasteiger partial charge in [0.2, 0.25) is 5.91 Å². The molecule has 0 spiro atoms. The Labute approximate surface area is 152 Å². The summed E-state index contributed by atoms with van der Waals surface area (Å²) in [6.45, 7) is 2.87. The zero-order valence-electron chi connectivity index (χ0n) is 13.4. The van der Waals surface area contributed by atoms with E-state index in [1.807, 2.05) is 0 Å². The lowest BCUT2D eigenvalue weighted by molar-refractivity contribution is -0.123. The van der Waals surface area contributed by atoms with Crippen LogP contribution in [-0.4, -0.2) is 48.9 Å². The number of piperidine rings is 1. The molecule has 1 aromatic heterocycles. The van der Waals surface area contributed by atoms with Crippen LogP contribution in [0.25, 0.3) is 0 Å². The molecule has 2 unspecified atom stereocenters. The summed E-state index contributed by atoms with van der Waals surface area (Å²) in [5.74, 6) is 0.493. The van der Waals surface area contributed by atoms with Crippen molar-refractivity contribution in [1.29, 1.82) is 0 Å². The molecule has 8 heteroatoms. The maximum atomic E-state index is 12.4. The smallest absolute Gasteiger partial charge is 0.289 e. The van der Waals surface area contributed by atoms with Crippen LogP contribution in [0.3, 0.4) is 0 Å². The first-order chi connectivity index (χ1) is 11.1. The van der Waals surface area contributed by atoms with Crippen LogP contribution in [0.2, 0.25) is 5.22 Å². The summed E-state index contributed by atoms with van der Waals surface area (Å²) < 4.78 is 5.20. The summed E-state index contributed by atoms with van der Waals surface area (Å²) >= 11 is 5.73. The molecule has 3 rings (SSSR count). The second-order valence-electron chi connectivity index (χ2n) is 6.26. The molecular weight excluding hydrogens is 353 g/mol. The quantitative estimate of drug-likeness (QED) is 0.844. The summed E-state index contributed by atoms with van der Waals surface area (Å²) in [4.78, 5) is 26.2. The third kappa shape index (κ3) is 4.65. The van der Waals surface area contributed by atoms with Gasteiger partial charge in [0.15, 0.2) is 11.0 Å². The first kappa shape index (κ1) is 19.1. The zero-order chi connectivity index (χ0) is 16.2. The van der Waals surface area contributed by atoms with E-state index < -0.39 is 0 Å². The van der Waals surface area contributed by atoms with E-state index in [2.05, 4.69) is 10.6 Å². The van der Waals surface area contributed by atoms with Gasteiger partial charge in [-0.05, 0) is 61.9 Å². The number of furan rings is 1. The second kappa shape index (κ2) is 8.74. The molecule has 2 fully saturated rings. The Bertz CT molecular complexity index is 573. The molecule has 24 heavy (non-hydrogen) atoms. The predicted molar refractivity (Wildman–Crippen MR) is 93.6 cm³/mol. The molecule has 2 aliphatic heterocycles. The number of hydrogen-bond donors (Lipinski definition) is 2. The lowest BCUT2D eigenvalue weighted by atomic mass is 9.97. The minimum atomic E-state index is -0.134. The van der Waals surface area contributed by atoms with E-state index in [-0.39, 0.29) is 47.2 Å². The highest BCUT2D eigenvalue weighted by molar-refractivity contribution is 6.29. The highest BCUT2D eigenvalue weighted by atomic mass is 35.5.